The second-order valence-corrected chi connectivity index (χ2v) is 11.8. The molecule has 3 rings (SSSR count). The fraction of sp³-hybridized carbons (Fsp3) is 0.839. The van der Waals surface area contributed by atoms with Gasteiger partial charge in [0.05, 0.1) is 5.60 Å². The average Bonchev–Trinajstić information content (AvgIpc) is 3.35. The number of rotatable bonds is 16. The lowest BCUT2D eigenvalue weighted by molar-refractivity contribution is -0.345. The molecule has 0 aromatic carbocycles. The first-order chi connectivity index (χ1) is 18.3. The smallest absolute Gasteiger partial charge is 0.277 e. The molecule has 0 radical (unpaired) electrons. The third kappa shape index (κ3) is 10.4. The van der Waals surface area contributed by atoms with E-state index in [2.05, 4.69) is 45.1 Å². The van der Waals surface area contributed by atoms with Crippen LogP contribution >= 0.6 is 0 Å². The molecule has 7 nitrogen and oxygen atoms in total. The van der Waals surface area contributed by atoms with Crippen molar-refractivity contribution in [2.24, 2.45) is 17.6 Å². The molecule has 4 atom stereocenters. The highest BCUT2D eigenvalue weighted by Crippen LogP contribution is 2.36. The van der Waals surface area contributed by atoms with Gasteiger partial charge in [0, 0.05) is 26.2 Å². The van der Waals surface area contributed by atoms with Gasteiger partial charge in [0.15, 0.2) is 12.6 Å². The second kappa shape index (κ2) is 16.1. The van der Waals surface area contributed by atoms with Crippen LogP contribution in [-0.2, 0) is 28.5 Å². The number of nitrogens with two attached hydrogens (primary N) is 1. The van der Waals surface area contributed by atoms with Crippen LogP contribution in [0, 0.1) is 11.8 Å². The summed E-state index contributed by atoms with van der Waals surface area (Å²) in [5.41, 5.74) is 5.79. The van der Waals surface area contributed by atoms with Crippen LogP contribution in [0.3, 0.4) is 0 Å². The molecule has 3 fully saturated rings. The van der Waals surface area contributed by atoms with E-state index in [1.54, 1.807) is 0 Å². The molecule has 0 bridgehead atoms. The molecule has 2 N–H and O–H groups in total. The normalized spacial score (nSPS) is 28.7. The minimum absolute atomic E-state index is 0.108. The quantitative estimate of drug-likeness (QED) is 0.178. The lowest BCUT2D eigenvalue weighted by atomic mass is 9.91. The topological polar surface area (TPSA) is 89.2 Å². The first-order valence-corrected chi connectivity index (χ1v) is 15.2. The number of carbonyl (C=O) groups excluding carboxylic acids is 1. The first-order valence-electron chi connectivity index (χ1n) is 15.2. The van der Waals surface area contributed by atoms with Crippen LogP contribution in [0.4, 0.5) is 0 Å². The molecule has 218 valence electrons. The van der Waals surface area contributed by atoms with Crippen molar-refractivity contribution in [3.63, 3.8) is 0 Å². The van der Waals surface area contributed by atoms with Gasteiger partial charge in [-0.1, -0.05) is 37.6 Å². The summed E-state index contributed by atoms with van der Waals surface area (Å²) in [6.45, 7) is 8.54. The van der Waals surface area contributed by atoms with E-state index in [9.17, 15) is 4.79 Å². The summed E-state index contributed by atoms with van der Waals surface area (Å²) < 4.78 is 29.9. The molecular formula is C31H53NO6. The SMILES string of the molecule is CCCOC(C)(C)C/C=C/[C@H]1CCC[C@@H]1C/C=C\CCC(OC1CCCCO1)(OC1CCCCO1)C(N)=O. The molecule has 1 amide bonds. The number of amides is 1. The molecule has 38 heavy (non-hydrogen) atoms. The summed E-state index contributed by atoms with van der Waals surface area (Å²) in [5, 5.41) is 0. The van der Waals surface area contributed by atoms with Crippen molar-refractivity contribution in [2.45, 2.75) is 135 Å². The van der Waals surface area contributed by atoms with Crippen LogP contribution in [-0.4, -0.2) is 49.7 Å². The van der Waals surface area contributed by atoms with Crippen molar-refractivity contribution in [1.29, 1.82) is 0 Å². The Labute approximate surface area is 230 Å². The molecular weight excluding hydrogens is 482 g/mol. The Kier molecular flexibility index (Phi) is 13.3. The van der Waals surface area contributed by atoms with Gasteiger partial charge in [-0.25, -0.2) is 0 Å². The average molecular weight is 536 g/mol. The summed E-state index contributed by atoms with van der Waals surface area (Å²) in [4.78, 5) is 12.7. The Balaban J connectivity index is 1.53. The standard InChI is InChI=1S/C31H53NO6/c1-4-22-36-30(2,3)20-13-17-26-16-12-15-25(26)14-6-5-9-21-31(29(32)33,37-27-18-7-10-23-34-27)38-28-19-8-11-24-35-28/h5-6,13,17,25-28H,4,7-12,14-16,18-24H2,1-3H3,(H2,32,33)/b6-5-,17-13+/t25-,26+,27?,28?,31?/m0/s1. The Morgan fingerprint density at radius 2 is 1.61 bits per heavy atom. The van der Waals surface area contributed by atoms with Crippen molar-refractivity contribution >= 4 is 5.91 Å². The highest BCUT2D eigenvalue weighted by Gasteiger charge is 2.44. The lowest BCUT2D eigenvalue weighted by Gasteiger charge is -2.38. The predicted octanol–water partition coefficient (Wildman–Crippen LogP) is 6.55. The fourth-order valence-corrected chi connectivity index (χ4v) is 5.66. The number of hydrogen-bond donors (Lipinski definition) is 1. The number of hydrogen-bond acceptors (Lipinski definition) is 6. The van der Waals surface area contributed by atoms with Crippen molar-refractivity contribution < 1.29 is 28.5 Å². The highest BCUT2D eigenvalue weighted by atomic mass is 16.8. The van der Waals surface area contributed by atoms with Gasteiger partial charge in [-0.2, -0.15) is 0 Å². The molecule has 1 aliphatic carbocycles. The van der Waals surface area contributed by atoms with Gasteiger partial charge in [-0.15, -0.1) is 0 Å². The third-order valence-corrected chi connectivity index (χ3v) is 7.95. The van der Waals surface area contributed by atoms with E-state index >= 15 is 0 Å². The summed E-state index contributed by atoms with van der Waals surface area (Å²) in [5.74, 6) is -0.882. The van der Waals surface area contributed by atoms with Crippen LogP contribution in [0.2, 0.25) is 0 Å². The highest BCUT2D eigenvalue weighted by molar-refractivity contribution is 5.81. The zero-order valence-corrected chi connectivity index (χ0v) is 24.2. The third-order valence-electron chi connectivity index (χ3n) is 7.95. The van der Waals surface area contributed by atoms with E-state index in [4.69, 9.17) is 29.4 Å². The maximum atomic E-state index is 12.7. The molecule has 2 unspecified atom stereocenters. The summed E-state index contributed by atoms with van der Waals surface area (Å²) in [6, 6.07) is 0. The van der Waals surface area contributed by atoms with Crippen molar-refractivity contribution in [1.82, 2.24) is 0 Å². The predicted molar refractivity (Wildman–Crippen MR) is 149 cm³/mol. The lowest BCUT2D eigenvalue weighted by Crippen LogP contribution is -2.54. The number of carbonyl (C=O) groups is 1. The van der Waals surface area contributed by atoms with Crippen molar-refractivity contribution in [3.8, 4) is 0 Å². The minimum atomic E-state index is -1.54. The Morgan fingerprint density at radius 3 is 2.18 bits per heavy atom. The van der Waals surface area contributed by atoms with E-state index in [-0.39, 0.29) is 5.60 Å². The summed E-state index contributed by atoms with van der Waals surface area (Å²) in [6.07, 6.45) is 21.4. The van der Waals surface area contributed by atoms with E-state index in [0.717, 1.165) is 64.4 Å². The Hall–Kier alpha value is -1.25. The number of primary amides is 1. The molecule has 3 aliphatic rings. The van der Waals surface area contributed by atoms with Crippen LogP contribution in [0.1, 0.15) is 111 Å². The van der Waals surface area contributed by atoms with E-state index in [1.807, 2.05) is 0 Å². The van der Waals surface area contributed by atoms with Crippen LogP contribution in [0.5, 0.6) is 0 Å². The monoisotopic (exact) mass is 535 g/mol. The summed E-state index contributed by atoms with van der Waals surface area (Å²) in [7, 11) is 0. The zero-order chi connectivity index (χ0) is 27.3. The van der Waals surface area contributed by atoms with Gasteiger partial charge < -0.3 is 29.4 Å². The molecule has 0 aromatic rings. The zero-order valence-electron chi connectivity index (χ0n) is 24.2. The molecule has 2 saturated heterocycles. The summed E-state index contributed by atoms with van der Waals surface area (Å²) >= 11 is 0. The minimum Gasteiger partial charge on any atom is -0.375 e. The first kappa shape index (κ1) is 31.3. The maximum Gasteiger partial charge on any atom is 0.277 e. The second-order valence-electron chi connectivity index (χ2n) is 11.8. The molecule has 1 saturated carbocycles. The van der Waals surface area contributed by atoms with E-state index < -0.39 is 24.3 Å². The van der Waals surface area contributed by atoms with Crippen LogP contribution in [0.15, 0.2) is 24.3 Å². The van der Waals surface area contributed by atoms with Gasteiger partial charge in [-0.05, 0) is 103 Å². The van der Waals surface area contributed by atoms with E-state index in [0.29, 0.717) is 37.9 Å². The maximum absolute atomic E-state index is 12.7. The Bertz CT molecular complexity index is 719. The number of allylic oxidation sites excluding steroid dienone is 3. The largest absolute Gasteiger partial charge is 0.375 e. The molecule has 0 spiro atoms. The van der Waals surface area contributed by atoms with E-state index in [1.165, 1.54) is 19.3 Å². The van der Waals surface area contributed by atoms with Gasteiger partial charge in [-0.3, -0.25) is 4.79 Å². The van der Waals surface area contributed by atoms with Crippen LogP contribution in [0.25, 0.3) is 0 Å². The van der Waals surface area contributed by atoms with Crippen LogP contribution < -0.4 is 5.73 Å². The Morgan fingerprint density at radius 1 is 0.921 bits per heavy atom. The number of ether oxygens (including phenoxy) is 5. The van der Waals surface area contributed by atoms with Crippen molar-refractivity contribution in [2.75, 3.05) is 19.8 Å². The molecule has 0 aromatic heterocycles. The van der Waals surface area contributed by atoms with Gasteiger partial charge in [0.2, 0.25) is 0 Å². The van der Waals surface area contributed by atoms with Gasteiger partial charge in [0.25, 0.3) is 11.7 Å². The van der Waals surface area contributed by atoms with Crippen molar-refractivity contribution in [3.05, 3.63) is 24.3 Å². The van der Waals surface area contributed by atoms with Gasteiger partial charge >= 0.3 is 0 Å². The molecule has 2 heterocycles. The van der Waals surface area contributed by atoms with Gasteiger partial charge in [0.1, 0.15) is 0 Å². The fourth-order valence-electron chi connectivity index (χ4n) is 5.66. The molecule has 2 aliphatic heterocycles. The molecule has 7 heteroatoms.